The van der Waals surface area contributed by atoms with E-state index in [9.17, 15) is 8.42 Å². The lowest BCUT2D eigenvalue weighted by Gasteiger charge is -2.31. The summed E-state index contributed by atoms with van der Waals surface area (Å²) < 4.78 is 28.4. The van der Waals surface area contributed by atoms with Crippen LogP contribution in [0.25, 0.3) is 0 Å². The van der Waals surface area contributed by atoms with E-state index in [4.69, 9.17) is 0 Å². The summed E-state index contributed by atoms with van der Waals surface area (Å²) in [6.45, 7) is 2.13. The van der Waals surface area contributed by atoms with Gasteiger partial charge in [-0.3, -0.25) is 0 Å². The van der Waals surface area contributed by atoms with Gasteiger partial charge >= 0.3 is 0 Å². The van der Waals surface area contributed by atoms with Crippen LogP contribution in [0.4, 0.5) is 0 Å². The van der Waals surface area contributed by atoms with Crippen LogP contribution in [-0.2, 0) is 10.0 Å². The summed E-state index contributed by atoms with van der Waals surface area (Å²) in [5, 5.41) is 0. The van der Waals surface area contributed by atoms with Gasteiger partial charge in [-0.25, -0.2) is 13.1 Å². The molecular formula is C14H20BrNO2S. The van der Waals surface area contributed by atoms with E-state index in [-0.39, 0.29) is 6.04 Å². The minimum atomic E-state index is -3.43. The van der Waals surface area contributed by atoms with Gasteiger partial charge in [-0.1, -0.05) is 38.3 Å². The maximum atomic E-state index is 12.4. The third-order valence-corrected chi connectivity index (χ3v) is 6.37. The van der Waals surface area contributed by atoms with Gasteiger partial charge in [-0.2, -0.15) is 0 Å². The predicted molar refractivity (Wildman–Crippen MR) is 80.5 cm³/mol. The van der Waals surface area contributed by atoms with Crippen molar-refractivity contribution in [3.8, 4) is 0 Å². The van der Waals surface area contributed by atoms with Crippen molar-refractivity contribution in [2.45, 2.75) is 50.0 Å². The molecule has 0 amide bonds. The zero-order valence-corrected chi connectivity index (χ0v) is 13.5. The summed E-state index contributed by atoms with van der Waals surface area (Å²) in [4.78, 5) is 0.329. The molecule has 5 heteroatoms. The third kappa shape index (κ3) is 3.58. The molecule has 1 saturated carbocycles. The molecule has 0 saturated heterocycles. The molecule has 1 aliphatic carbocycles. The summed E-state index contributed by atoms with van der Waals surface area (Å²) in [7, 11) is -3.43. The molecule has 0 spiro atoms. The second kappa shape index (κ2) is 6.37. The highest BCUT2D eigenvalue weighted by Gasteiger charge is 2.29. The Balaban J connectivity index is 2.19. The molecule has 0 heterocycles. The third-order valence-electron chi connectivity index (χ3n) is 3.87. The van der Waals surface area contributed by atoms with Crippen molar-refractivity contribution in [3.05, 3.63) is 28.7 Å². The molecule has 2 atom stereocenters. The number of nitrogens with one attached hydrogen (secondary N) is 1. The van der Waals surface area contributed by atoms with Gasteiger partial charge in [0.05, 0.1) is 4.90 Å². The van der Waals surface area contributed by atoms with E-state index in [1.807, 2.05) is 6.07 Å². The fourth-order valence-electron chi connectivity index (χ4n) is 2.78. The van der Waals surface area contributed by atoms with Gasteiger partial charge in [0.25, 0.3) is 0 Å². The lowest BCUT2D eigenvalue weighted by Crippen LogP contribution is -2.41. The zero-order chi connectivity index (χ0) is 13.9. The first-order valence-corrected chi connectivity index (χ1v) is 9.09. The number of hydrogen-bond donors (Lipinski definition) is 1. The fraction of sp³-hybridized carbons (Fsp3) is 0.571. The van der Waals surface area contributed by atoms with E-state index >= 15 is 0 Å². The van der Waals surface area contributed by atoms with E-state index in [0.29, 0.717) is 15.3 Å². The SMILES string of the molecule is CCC1CCCCC1NS(=O)(=O)c1ccccc1Br. The zero-order valence-electron chi connectivity index (χ0n) is 11.1. The van der Waals surface area contributed by atoms with E-state index in [1.165, 1.54) is 6.42 Å². The first-order valence-electron chi connectivity index (χ1n) is 6.81. The number of sulfonamides is 1. The van der Waals surface area contributed by atoms with Gasteiger partial charge in [0.2, 0.25) is 10.0 Å². The van der Waals surface area contributed by atoms with Crippen LogP contribution >= 0.6 is 15.9 Å². The highest BCUT2D eigenvalue weighted by molar-refractivity contribution is 9.10. The number of halogens is 1. The lowest BCUT2D eigenvalue weighted by molar-refractivity contribution is 0.282. The van der Waals surface area contributed by atoms with Crippen molar-refractivity contribution in [1.29, 1.82) is 0 Å². The van der Waals surface area contributed by atoms with E-state index < -0.39 is 10.0 Å². The average molecular weight is 346 g/mol. The molecule has 1 N–H and O–H groups in total. The Bertz CT molecular complexity index is 530. The van der Waals surface area contributed by atoms with E-state index in [0.717, 1.165) is 25.7 Å². The molecule has 0 radical (unpaired) electrons. The van der Waals surface area contributed by atoms with Crippen LogP contribution in [0.5, 0.6) is 0 Å². The molecule has 1 fully saturated rings. The second-order valence-corrected chi connectivity index (χ2v) is 7.65. The average Bonchev–Trinajstić information content (AvgIpc) is 2.39. The fourth-order valence-corrected chi connectivity index (χ4v) is 5.12. The van der Waals surface area contributed by atoms with E-state index in [2.05, 4.69) is 27.6 Å². The number of hydrogen-bond acceptors (Lipinski definition) is 2. The Labute approximate surface area is 124 Å². The summed E-state index contributed by atoms with van der Waals surface area (Å²) in [6.07, 6.45) is 5.43. The summed E-state index contributed by atoms with van der Waals surface area (Å²) in [5.41, 5.74) is 0. The second-order valence-electron chi connectivity index (χ2n) is 5.11. The van der Waals surface area contributed by atoms with Crippen LogP contribution < -0.4 is 4.72 Å². The lowest BCUT2D eigenvalue weighted by atomic mass is 9.83. The first-order chi connectivity index (χ1) is 9.04. The molecule has 3 nitrogen and oxygen atoms in total. The molecule has 1 aromatic rings. The largest absolute Gasteiger partial charge is 0.241 e. The first kappa shape index (κ1) is 15.0. The molecule has 0 aliphatic heterocycles. The van der Waals surface area contributed by atoms with Gasteiger partial charge in [0.1, 0.15) is 0 Å². The summed E-state index contributed by atoms with van der Waals surface area (Å²) in [6, 6.07) is 7.04. The molecule has 0 bridgehead atoms. The van der Waals surface area contributed by atoms with Gasteiger partial charge in [0.15, 0.2) is 0 Å². The van der Waals surface area contributed by atoms with Crippen LogP contribution in [-0.4, -0.2) is 14.5 Å². The monoisotopic (exact) mass is 345 g/mol. The van der Waals surface area contributed by atoms with Crippen molar-refractivity contribution >= 4 is 26.0 Å². The highest BCUT2D eigenvalue weighted by Crippen LogP contribution is 2.29. The molecule has 2 rings (SSSR count). The van der Waals surface area contributed by atoms with Crippen molar-refractivity contribution in [1.82, 2.24) is 4.72 Å². The normalized spacial score (nSPS) is 24.3. The van der Waals surface area contributed by atoms with Crippen LogP contribution in [0.1, 0.15) is 39.0 Å². The molecule has 2 unspecified atom stereocenters. The van der Waals surface area contributed by atoms with Gasteiger partial charge in [-0.15, -0.1) is 0 Å². The van der Waals surface area contributed by atoms with Crippen molar-refractivity contribution in [2.24, 2.45) is 5.92 Å². The molecule has 0 aromatic heterocycles. The highest BCUT2D eigenvalue weighted by atomic mass is 79.9. The molecule has 1 aromatic carbocycles. The maximum Gasteiger partial charge on any atom is 0.241 e. The Kier molecular flexibility index (Phi) is 5.03. The van der Waals surface area contributed by atoms with Crippen LogP contribution in [0, 0.1) is 5.92 Å². The number of rotatable bonds is 4. The van der Waals surface area contributed by atoms with Crippen molar-refractivity contribution in [3.63, 3.8) is 0 Å². The minimum Gasteiger partial charge on any atom is -0.208 e. The van der Waals surface area contributed by atoms with Crippen LogP contribution in [0.3, 0.4) is 0 Å². The minimum absolute atomic E-state index is 0.0795. The summed E-state index contributed by atoms with van der Waals surface area (Å²) >= 11 is 3.31. The van der Waals surface area contributed by atoms with Crippen LogP contribution in [0.2, 0.25) is 0 Å². The smallest absolute Gasteiger partial charge is 0.208 e. The quantitative estimate of drug-likeness (QED) is 0.904. The predicted octanol–water partition coefficient (Wildman–Crippen LogP) is 3.70. The molecular weight excluding hydrogens is 326 g/mol. The Morgan fingerprint density at radius 3 is 2.63 bits per heavy atom. The Morgan fingerprint density at radius 2 is 1.95 bits per heavy atom. The van der Waals surface area contributed by atoms with Gasteiger partial charge in [0, 0.05) is 10.5 Å². The van der Waals surface area contributed by atoms with Crippen LogP contribution in [0.15, 0.2) is 33.6 Å². The van der Waals surface area contributed by atoms with E-state index in [1.54, 1.807) is 18.2 Å². The maximum absolute atomic E-state index is 12.4. The molecule has 19 heavy (non-hydrogen) atoms. The van der Waals surface area contributed by atoms with Gasteiger partial charge < -0.3 is 0 Å². The summed E-state index contributed by atoms with van der Waals surface area (Å²) in [5.74, 6) is 0.464. The molecule has 1 aliphatic rings. The van der Waals surface area contributed by atoms with Crippen molar-refractivity contribution in [2.75, 3.05) is 0 Å². The van der Waals surface area contributed by atoms with Gasteiger partial charge in [-0.05, 0) is 46.8 Å². The number of benzene rings is 1. The standard InChI is InChI=1S/C14H20BrNO2S/c1-2-11-7-3-5-9-13(11)16-19(17,18)14-10-6-4-8-12(14)15/h4,6,8,10-11,13,16H,2-3,5,7,9H2,1H3. The molecule has 106 valence electrons. The van der Waals surface area contributed by atoms with Crippen molar-refractivity contribution < 1.29 is 8.42 Å². The Morgan fingerprint density at radius 1 is 1.26 bits per heavy atom. The topological polar surface area (TPSA) is 46.2 Å². The Hall–Kier alpha value is -0.390.